The van der Waals surface area contributed by atoms with Gasteiger partial charge in [0.25, 0.3) is 5.91 Å². The van der Waals surface area contributed by atoms with Crippen LogP contribution in [-0.2, 0) is 25.5 Å². The van der Waals surface area contributed by atoms with Crippen molar-refractivity contribution in [2.24, 2.45) is 23.2 Å². The zero-order valence-electron chi connectivity index (χ0n) is 37.0. The van der Waals surface area contributed by atoms with Crippen LogP contribution in [0.4, 0.5) is 5.69 Å². The number of ether oxygens (including phenoxy) is 1. The Bertz CT molecular complexity index is 1600. The molecular formula is C45H74N6O6S. The fourth-order valence-corrected chi connectivity index (χ4v) is 8.72. The molecule has 1 aliphatic rings. The van der Waals surface area contributed by atoms with E-state index >= 15 is 0 Å². The number of carboxylic acids is 1. The van der Waals surface area contributed by atoms with E-state index in [1.807, 2.05) is 37.9 Å². The van der Waals surface area contributed by atoms with Gasteiger partial charge >= 0.3 is 5.97 Å². The number of amides is 3. The maximum absolute atomic E-state index is 14.9. The number of likely N-dealkylation sites (N-methyl/N-ethyl adjacent to an activating group) is 1. The predicted molar refractivity (Wildman–Crippen MR) is 234 cm³/mol. The number of benzene rings is 1. The van der Waals surface area contributed by atoms with E-state index in [-0.39, 0.29) is 47.8 Å². The molecule has 0 aliphatic carbocycles. The van der Waals surface area contributed by atoms with Gasteiger partial charge < -0.3 is 31.1 Å². The second-order valence-electron chi connectivity index (χ2n) is 17.7. The van der Waals surface area contributed by atoms with E-state index in [0.29, 0.717) is 42.6 Å². The number of piperidine rings is 1. The number of aliphatic carboxylic acids is 1. The van der Waals surface area contributed by atoms with E-state index in [0.717, 1.165) is 57.1 Å². The summed E-state index contributed by atoms with van der Waals surface area (Å²) >= 11 is 1.34. The number of nitrogens with two attached hydrogens (primary N) is 1. The Morgan fingerprint density at radius 2 is 1.76 bits per heavy atom. The fraction of sp³-hybridized carbons (Fsp3) is 0.711. The lowest BCUT2D eigenvalue weighted by atomic mass is 9.84. The van der Waals surface area contributed by atoms with Gasteiger partial charge in [0, 0.05) is 42.7 Å². The first-order chi connectivity index (χ1) is 27.4. The minimum absolute atomic E-state index is 0.0599. The Balaban J connectivity index is 1.91. The van der Waals surface area contributed by atoms with Crippen LogP contribution >= 0.6 is 11.3 Å². The highest BCUT2D eigenvalue weighted by molar-refractivity contribution is 7.09. The van der Waals surface area contributed by atoms with Crippen LogP contribution in [0.15, 0.2) is 29.6 Å². The lowest BCUT2D eigenvalue weighted by molar-refractivity contribution is -0.147. The van der Waals surface area contributed by atoms with E-state index < -0.39 is 35.5 Å². The fourth-order valence-electron chi connectivity index (χ4n) is 7.86. The number of rotatable bonds is 24. The SMILES string of the molecule is CCCCCCN(C(=O)[C@@H](NC(=O)[C@H]1C[C@H](C)CCN1C)[C@@H](C)CC)[C@H](C[C@@H](OCC)c1nc(C(=O)N[C@@H](Cc2ccc(N)cc2)CC(C)(C)C(=O)O)cs1)C(C)C. The van der Waals surface area contributed by atoms with Crippen LogP contribution in [0, 0.1) is 23.2 Å². The Morgan fingerprint density at radius 3 is 2.36 bits per heavy atom. The number of nitrogen functional groups attached to an aromatic ring is 1. The van der Waals surface area contributed by atoms with Crippen LogP contribution in [-0.4, -0.2) is 94.5 Å². The monoisotopic (exact) mass is 827 g/mol. The van der Waals surface area contributed by atoms with Crippen LogP contribution in [0.1, 0.15) is 147 Å². The van der Waals surface area contributed by atoms with Crippen LogP contribution in [0.5, 0.6) is 0 Å². The molecule has 0 bridgehead atoms. The predicted octanol–water partition coefficient (Wildman–Crippen LogP) is 7.73. The third kappa shape index (κ3) is 14.3. The largest absolute Gasteiger partial charge is 0.481 e. The van der Waals surface area contributed by atoms with Crippen molar-refractivity contribution in [3.8, 4) is 0 Å². The second-order valence-corrected chi connectivity index (χ2v) is 18.6. The van der Waals surface area contributed by atoms with E-state index in [2.05, 4.69) is 50.2 Å². The summed E-state index contributed by atoms with van der Waals surface area (Å²) in [6, 6.07) is 5.71. The number of carbonyl (C=O) groups is 4. The zero-order valence-corrected chi connectivity index (χ0v) is 37.8. The Hall–Kier alpha value is -3.55. The topological polar surface area (TPSA) is 167 Å². The van der Waals surface area contributed by atoms with Gasteiger partial charge in [0.05, 0.1) is 11.5 Å². The van der Waals surface area contributed by atoms with Gasteiger partial charge in [-0.05, 0) is 102 Å². The van der Waals surface area contributed by atoms with Crippen LogP contribution in [0.3, 0.4) is 0 Å². The van der Waals surface area contributed by atoms with Crippen molar-refractivity contribution in [1.29, 1.82) is 0 Å². The van der Waals surface area contributed by atoms with Crippen LogP contribution in [0.25, 0.3) is 0 Å². The molecule has 2 aromatic rings. The molecule has 3 rings (SSSR count). The number of aromatic nitrogens is 1. The number of anilines is 1. The average molecular weight is 827 g/mol. The summed E-state index contributed by atoms with van der Waals surface area (Å²) in [6.45, 7) is 19.8. The molecule has 2 heterocycles. The molecule has 1 fully saturated rings. The number of nitrogens with one attached hydrogen (secondary N) is 2. The molecule has 13 heteroatoms. The van der Waals surface area contributed by atoms with Crippen molar-refractivity contribution in [2.45, 2.75) is 157 Å². The molecule has 12 nitrogen and oxygen atoms in total. The van der Waals surface area contributed by atoms with Crippen molar-refractivity contribution < 1.29 is 29.0 Å². The molecule has 0 saturated carbocycles. The summed E-state index contributed by atoms with van der Waals surface area (Å²) in [7, 11) is 1.99. The standard InChI is InChI=1S/C45H74N6O6S/c1-11-14-15-16-22-51(43(54)39(31(7)12-2)49-41(53)37-24-30(6)21-23-50(37)10)36(29(4)5)26-38(57-13-3)42-48-35(28-58-42)40(52)47-34(27-45(8,9)44(55)56)25-32-17-19-33(46)20-18-32/h17-20,28-31,34,36-39H,11-16,21-27,46H2,1-10H3,(H,47,52)(H,49,53)(H,55,56)/t30-,31+,34+,36-,37-,38-,39+/m1/s1. The first-order valence-corrected chi connectivity index (χ1v) is 22.6. The molecular weight excluding hydrogens is 753 g/mol. The smallest absolute Gasteiger partial charge is 0.309 e. The molecule has 0 spiro atoms. The van der Waals surface area contributed by atoms with Gasteiger partial charge in [-0.3, -0.25) is 24.1 Å². The molecule has 0 radical (unpaired) electrons. The van der Waals surface area contributed by atoms with Crippen molar-refractivity contribution in [3.63, 3.8) is 0 Å². The molecule has 326 valence electrons. The molecule has 0 unspecified atom stereocenters. The summed E-state index contributed by atoms with van der Waals surface area (Å²) in [5.74, 6) is -1.04. The van der Waals surface area contributed by atoms with Gasteiger partial charge in [0.2, 0.25) is 11.8 Å². The average Bonchev–Trinajstić information content (AvgIpc) is 3.67. The van der Waals surface area contributed by atoms with Gasteiger partial charge in [-0.1, -0.05) is 79.4 Å². The summed E-state index contributed by atoms with van der Waals surface area (Å²) < 4.78 is 6.36. The number of hydrogen-bond acceptors (Lipinski definition) is 9. The molecule has 3 amide bonds. The lowest BCUT2D eigenvalue weighted by Crippen LogP contribution is -2.59. The number of carbonyl (C=O) groups excluding carboxylic acids is 3. The van der Waals surface area contributed by atoms with E-state index in [1.54, 1.807) is 31.4 Å². The van der Waals surface area contributed by atoms with Crippen LogP contribution < -0.4 is 16.4 Å². The number of carboxylic acid groups (broad SMARTS) is 1. The zero-order chi connectivity index (χ0) is 43.2. The Kier molecular flexibility index (Phi) is 19.6. The summed E-state index contributed by atoms with van der Waals surface area (Å²) in [5, 5.41) is 18.6. The Morgan fingerprint density at radius 1 is 1.07 bits per heavy atom. The van der Waals surface area contributed by atoms with Crippen molar-refractivity contribution in [2.75, 3.05) is 32.5 Å². The van der Waals surface area contributed by atoms with Gasteiger partial charge in [0.1, 0.15) is 22.8 Å². The molecule has 1 aromatic heterocycles. The third-order valence-electron chi connectivity index (χ3n) is 11.9. The summed E-state index contributed by atoms with van der Waals surface area (Å²) in [5.41, 5.74) is 6.60. The van der Waals surface area contributed by atoms with Gasteiger partial charge in [-0.15, -0.1) is 11.3 Å². The lowest BCUT2D eigenvalue weighted by Gasteiger charge is -2.40. The quantitative estimate of drug-likeness (QED) is 0.0612. The normalized spacial score (nSPS) is 18.9. The number of hydrogen-bond donors (Lipinski definition) is 4. The third-order valence-corrected chi connectivity index (χ3v) is 12.8. The van der Waals surface area contributed by atoms with Crippen molar-refractivity contribution >= 4 is 40.7 Å². The highest BCUT2D eigenvalue weighted by Gasteiger charge is 2.39. The molecule has 1 aromatic carbocycles. The molecule has 58 heavy (non-hydrogen) atoms. The van der Waals surface area contributed by atoms with Crippen molar-refractivity contribution in [1.82, 2.24) is 25.4 Å². The number of thiazole rings is 1. The maximum Gasteiger partial charge on any atom is 0.309 e. The van der Waals surface area contributed by atoms with E-state index in [1.165, 1.54) is 11.3 Å². The highest BCUT2D eigenvalue weighted by atomic mass is 32.1. The number of likely N-dealkylation sites (tertiary alicyclic amines) is 1. The van der Waals surface area contributed by atoms with Gasteiger partial charge in [-0.2, -0.15) is 0 Å². The van der Waals surface area contributed by atoms with E-state index in [4.69, 9.17) is 15.5 Å². The Labute approximate surface area is 352 Å². The first-order valence-electron chi connectivity index (χ1n) is 21.7. The minimum Gasteiger partial charge on any atom is -0.481 e. The number of nitrogens with zero attached hydrogens (tertiary/aromatic N) is 3. The summed E-state index contributed by atoms with van der Waals surface area (Å²) in [4.78, 5) is 63.6. The minimum atomic E-state index is -1.08. The second kappa shape index (κ2) is 23.3. The number of unbranched alkanes of at least 4 members (excludes halogenated alkanes) is 3. The van der Waals surface area contributed by atoms with E-state index in [9.17, 15) is 24.3 Å². The van der Waals surface area contributed by atoms with Crippen molar-refractivity contribution in [3.05, 3.63) is 45.9 Å². The van der Waals surface area contributed by atoms with Gasteiger partial charge in [0.15, 0.2) is 0 Å². The summed E-state index contributed by atoms with van der Waals surface area (Å²) in [6.07, 6.45) is 7.18. The molecule has 7 atom stereocenters. The highest BCUT2D eigenvalue weighted by Crippen LogP contribution is 2.32. The molecule has 1 saturated heterocycles. The van der Waals surface area contributed by atoms with Gasteiger partial charge in [-0.25, -0.2) is 4.98 Å². The first kappa shape index (κ1) is 48.8. The maximum atomic E-state index is 14.9. The molecule has 5 N–H and O–H groups in total. The van der Waals surface area contributed by atoms with Crippen LogP contribution in [0.2, 0.25) is 0 Å². The molecule has 1 aliphatic heterocycles.